The Balaban J connectivity index is 1.75. The van der Waals surface area contributed by atoms with Gasteiger partial charge in [-0.15, -0.1) is 0 Å². The highest BCUT2D eigenvalue weighted by Gasteiger charge is 2.15. The zero-order valence-corrected chi connectivity index (χ0v) is 19.4. The number of carbonyl (C=O) groups is 1. The number of hydrazone groups is 1. The van der Waals surface area contributed by atoms with Gasteiger partial charge < -0.3 is 0 Å². The normalized spacial score (nSPS) is 11.6. The minimum Gasteiger partial charge on any atom is -0.267 e. The van der Waals surface area contributed by atoms with E-state index in [1.807, 2.05) is 44.2 Å². The monoisotopic (exact) mass is 461 g/mol. The van der Waals surface area contributed by atoms with E-state index in [9.17, 15) is 4.79 Å². The highest BCUT2D eigenvalue weighted by molar-refractivity contribution is 6.36. The molecule has 32 heavy (non-hydrogen) atoms. The second-order valence-electron chi connectivity index (χ2n) is 7.65. The summed E-state index contributed by atoms with van der Waals surface area (Å²) in [6.07, 6.45) is 0. The number of fused-ring (bicyclic) bond motifs is 1. The van der Waals surface area contributed by atoms with Crippen molar-refractivity contribution in [2.45, 2.75) is 20.8 Å². The van der Waals surface area contributed by atoms with Crippen LogP contribution in [0.15, 0.2) is 71.8 Å². The topological polar surface area (TPSA) is 54.4 Å². The number of aryl methyl sites for hydroxylation is 2. The third-order valence-corrected chi connectivity index (χ3v) is 5.84. The van der Waals surface area contributed by atoms with Gasteiger partial charge in [0.15, 0.2) is 0 Å². The van der Waals surface area contributed by atoms with Crippen molar-refractivity contribution in [3.8, 4) is 11.3 Å². The van der Waals surface area contributed by atoms with Gasteiger partial charge >= 0.3 is 0 Å². The van der Waals surface area contributed by atoms with Crippen molar-refractivity contribution in [3.63, 3.8) is 0 Å². The van der Waals surface area contributed by atoms with Crippen molar-refractivity contribution in [1.29, 1.82) is 0 Å². The average molecular weight is 462 g/mol. The minimum atomic E-state index is -0.326. The molecule has 0 aliphatic rings. The molecule has 0 saturated carbocycles. The zero-order valence-electron chi connectivity index (χ0n) is 17.9. The Hall–Kier alpha value is -3.21. The van der Waals surface area contributed by atoms with Gasteiger partial charge in [0.1, 0.15) is 0 Å². The van der Waals surface area contributed by atoms with Crippen LogP contribution >= 0.6 is 23.2 Å². The number of para-hydroxylation sites is 1. The van der Waals surface area contributed by atoms with E-state index in [0.717, 1.165) is 33.3 Å². The third-order valence-electron chi connectivity index (χ3n) is 5.27. The average Bonchev–Trinajstić information content (AvgIpc) is 2.79. The van der Waals surface area contributed by atoms with Gasteiger partial charge in [-0.2, -0.15) is 5.10 Å². The molecule has 0 aliphatic heterocycles. The number of amides is 1. The number of hydrogen-bond acceptors (Lipinski definition) is 3. The molecule has 0 bridgehead atoms. The first-order valence-corrected chi connectivity index (χ1v) is 10.9. The van der Waals surface area contributed by atoms with Crippen LogP contribution in [0.1, 0.15) is 34.0 Å². The summed E-state index contributed by atoms with van der Waals surface area (Å²) >= 11 is 12.3. The lowest BCUT2D eigenvalue weighted by Gasteiger charge is -2.12. The van der Waals surface area contributed by atoms with E-state index >= 15 is 0 Å². The van der Waals surface area contributed by atoms with E-state index < -0.39 is 0 Å². The fourth-order valence-corrected chi connectivity index (χ4v) is 3.97. The number of benzene rings is 3. The van der Waals surface area contributed by atoms with Gasteiger partial charge in [0, 0.05) is 26.6 Å². The maximum absolute atomic E-state index is 13.2. The van der Waals surface area contributed by atoms with Crippen LogP contribution in [-0.4, -0.2) is 16.6 Å². The molecule has 1 amide bonds. The molecular formula is C26H21Cl2N3O. The van der Waals surface area contributed by atoms with Gasteiger partial charge in [-0.25, -0.2) is 10.4 Å². The van der Waals surface area contributed by atoms with Crippen LogP contribution in [0, 0.1) is 13.8 Å². The number of halogens is 2. The highest BCUT2D eigenvalue weighted by Crippen LogP contribution is 2.28. The standard InChI is InChI=1S/C26H21Cl2N3O/c1-15-8-9-16(2)20(12-15)25-14-22(19-6-4-5-7-24(19)29-25)26(32)31-30-17(3)21-13-18(27)10-11-23(21)28/h4-14H,1-3H3,(H,31,32)/b30-17-. The molecule has 6 heteroatoms. The van der Waals surface area contributed by atoms with E-state index in [-0.39, 0.29) is 5.91 Å². The molecule has 0 fully saturated rings. The fourth-order valence-electron chi connectivity index (χ4n) is 3.54. The molecule has 0 spiro atoms. The Labute approximate surface area is 196 Å². The molecule has 0 saturated heterocycles. The lowest BCUT2D eigenvalue weighted by molar-refractivity contribution is 0.0956. The lowest BCUT2D eigenvalue weighted by Crippen LogP contribution is -2.20. The van der Waals surface area contributed by atoms with Crippen LogP contribution in [0.5, 0.6) is 0 Å². The van der Waals surface area contributed by atoms with Gasteiger partial charge in [0.2, 0.25) is 0 Å². The molecule has 0 unspecified atom stereocenters. The summed E-state index contributed by atoms with van der Waals surface area (Å²) in [5.74, 6) is -0.326. The van der Waals surface area contributed by atoms with Crippen LogP contribution in [0.3, 0.4) is 0 Å². The van der Waals surface area contributed by atoms with Crippen LogP contribution in [-0.2, 0) is 0 Å². The Morgan fingerprint density at radius 3 is 2.53 bits per heavy atom. The predicted molar refractivity (Wildman–Crippen MR) is 133 cm³/mol. The Kier molecular flexibility index (Phi) is 6.26. The summed E-state index contributed by atoms with van der Waals surface area (Å²) in [4.78, 5) is 18.0. The number of nitrogens with one attached hydrogen (secondary N) is 1. The molecule has 4 aromatic rings. The highest BCUT2D eigenvalue weighted by atomic mass is 35.5. The number of rotatable bonds is 4. The second-order valence-corrected chi connectivity index (χ2v) is 8.50. The molecule has 0 atom stereocenters. The first-order chi connectivity index (χ1) is 15.3. The molecule has 160 valence electrons. The molecule has 1 N–H and O–H groups in total. The maximum Gasteiger partial charge on any atom is 0.272 e. The molecular weight excluding hydrogens is 441 g/mol. The van der Waals surface area contributed by atoms with Gasteiger partial charge in [-0.3, -0.25) is 4.79 Å². The predicted octanol–water partition coefficient (Wildman–Crippen LogP) is 6.98. The number of hydrogen-bond donors (Lipinski definition) is 1. The summed E-state index contributed by atoms with van der Waals surface area (Å²) in [6, 6.07) is 20.7. The largest absolute Gasteiger partial charge is 0.272 e. The molecule has 3 aromatic carbocycles. The van der Waals surface area contributed by atoms with Crippen molar-refractivity contribution < 1.29 is 4.79 Å². The smallest absolute Gasteiger partial charge is 0.267 e. The van der Waals surface area contributed by atoms with Crippen LogP contribution in [0.2, 0.25) is 10.0 Å². The van der Waals surface area contributed by atoms with E-state index in [2.05, 4.69) is 28.7 Å². The third kappa shape index (κ3) is 4.52. The van der Waals surface area contributed by atoms with E-state index in [1.165, 1.54) is 0 Å². The summed E-state index contributed by atoms with van der Waals surface area (Å²) < 4.78 is 0. The molecule has 4 rings (SSSR count). The first-order valence-electron chi connectivity index (χ1n) is 10.1. The summed E-state index contributed by atoms with van der Waals surface area (Å²) in [5, 5.41) is 6.08. The van der Waals surface area contributed by atoms with E-state index in [0.29, 0.717) is 26.9 Å². The Morgan fingerprint density at radius 1 is 0.938 bits per heavy atom. The van der Waals surface area contributed by atoms with Crippen molar-refractivity contribution in [2.75, 3.05) is 0 Å². The van der Waals surface area contributed by atoms with Gasteiger partial charge in [0.25, 0.3) is 5.91 Å². The summed E-state index contributed by atoms with van der Waals surface area (Å²) in [6.45, 7) is 5.84. The van der Waals surface area contributed by atoms with Crippen LogP contribution in [0.4, 0.5) is 0 Å². The molecule has 4 nitrogen and oxygen atoms in total. The SMILES string of the molecule is C/C(=N/NC(=O)c1cc(-c2cc(C)ccc2C)nc2ccccc12)c1cc(Cl)ccc1Cl. The Bertz CT molecular complexity index is 1380. The van der Waals surface area contributed by atoms with Crippen LogP contribution < -0.4 is 5.43 Å². The second kappa shape index (κ2) is 9.11. The van der Waals surface area contributed by atoms with Crippen molar-refractivity contribution in [1.82, 2.24) is 10.4 Å². The van der Waals surface area contributed by atoms with Crippen molar-refractivity contribution >= 4 is 45.7 Å². The molecule has 1 aromatic heterocycles. The quantitative estimate of drug-likeness (QED) is 0.263. The maximum atomic E-state index is 13.2. The number of aromatic nitrogens is 1. The minimum absolute atomic E-state index is 0.326. The number of pyridine rings is 1. The number of carbonyl (C=O) groups excluding carboxylic acids is 1. The molecule has 0 aliphatic carbocycles. The molecule has 1 heterocycles. The van der Waals surface area contributed by atoms with Crippen LogP contribution in [0.25, 0.3) is 22.2 Å². The zero-order chi connectivity index (χ0) is 22.8. The van der Waals surface area contributed by atoms with Crippen molar-refractivity contribution in [3.05, 3.63) is 99.0 Å². The van der Waals surface area contributed by atoms with E-state index in [4.69, 9.17) is 28.2 Å². The van der Waals surface area contributed by atoms with Gasteiger partial charge in [0.05, 0.1) is 22.5 Å². The van der Waals surface area contributed by atoms with E-state index in [1.54, 1.807) is 25.1 Å². The Morgan fingerprint density at radius 2 is 1.72 bits per heavy atom. The fraction of sp³-hybridized carbons (Fsp3) is 0.115. The molecule has 0 radical (unpaired) electrons. The first kappa shape index (κ1) is 22.0. The van der Waals surface area contributed by atoms with Gasteiger partial charge in [-0.05, 0) is 62.7 Å². The lowest BCUT2D eigenvalue weighted by atomic mass is 9.99. The number of nitrogens with zero attached hydrogens (tertiary/aromatic N) is 2. The van der Waals surface area contributed by atoms with Gasteiger partial charge in [-0.1, -0.05) is 59.1 Å². The van der Waals surface area contributed by atoms with Crippen molar-refractivity contribution in [2.24, 2.45) is 5.10 Å². The summed E-state index contributed by atoms with van der Waals surface area (Å²) in [7, 11) is 0. The summed E-state index contributed by atoms with van der Waals surface area (Å²) in [5.41, 5.74) is 9.08.